The van der Waals surface area contributed by atoms with E-state index in [-0.39, 0.29) is 30.4 Å². The summed E-state index contributed by atoms with van der Waals surface area (Å²) >= 11 is 0. The molecule has 2 aromatic rings. The van der Waals surface area contributed by atoms with Gasteiger partial charge in [-0.05, 0) is 13.0 Å². The van der Waals surface area contributed by atoms with Crippen molar-refractivity contribution in [2.24, 2.45) is 0 Å². The maximum absolute atomic E-state index is 11.8. The summed E-state index contributed by atoms with van der Waals surface area (Å²) < 4.78 is 10.3. The Morgan fingerprint density at radius 2 is 2.13 bits per heavy atom. The fourth-order valence-electron chi connectivity index (χ4n) is 1.94. The number of nitrogens with zero attached hydrogens (tertiary/aromatic N) is 2. The fraction of sp³-hybridized carbons (Fsp3) is 0.467. The van der Waals surface area contributed by atoms with Crippen molar-refractivity contribution < 1.29 is 23.6 Å². The lowest BCUT2D eigenvalue weighted by Crippen LogP contribution is -2.22. The molecule has 2 aromatic heterocycles. The lowest BCUT2D eigenvalue weighted by atomic mass is 10.2. The molecule has 0 saturated carbocycles. The van der Waals surface area contributed by atoms with Gasteiger partial charge in [-0.15, -0.1) is 0 Å². The van der Waals surface area contributed by atoms with E-state index in [1.165, 1.54) is 6.07 Å². The maximum Gasteiger partial charge on any atom is 0.339 e. The van der Waals surface area contributed by atoms with E-state index < -0.39 is 5.97 Å². The lowest BCUT2D eigenvalue weighted by molar-refractivity contribution is -0.121. The number of hydrogen-bond donors (Lipinski definition) is 2. The molecule has 0 aliphatic rings. The predicted molar refractivity (Wildman–Crippen MR) is 79.0 cm³/mol. The van der Waals surface area contributed by atoms with Crippen molar-refractivity contribution in [1.29, 1.82) is 0 Å². The van der Waals surface area contributed by atoms with Crippen molar-refractivity contribution >= 4 is 11.9 Å². The zero-order chi connectivity index (χ0) is 17.0. The predicted octanol–water partition coefficient (Wildman–Crippen LogP) is 2.04. The Morgan fingerprint density at radius 3 is 2.70 bits per heavy atom. The Balaban J connectivity index is 1.80. The molecule has 0 bridgehead atoms. The molecule has 0 aliphatic carbocycles. The van der Waals surface area contributed by atoms with Gasteiger partial charge >= 0.3 is 5.97 Å². The lowest BCUT2D eigenvalue weighted by Gasteiger charge is -2.01. The minimum atomic E-state index is -1.05. The number of amides is 1. The first-order chi connectivity index (χ1) is 10.9. The molecule has 2 heterocycles. The Kier molecular flexibility index (Phi) is 5.15. The summed E-state index contributed by atoms with van der Waals surface area (Å²) in [4.78, 5) is 26.9. The molecule has 2 N–H and O–H groups in total. The van der Waals surface area contributed by atoms with Gasteiger partial charge in [-0.25, -0.2) is 4.79 Å². The molecule has 0 atom stereocenters. The molecule has 23 heavy (non-hydrogen) atoms. The van der Waals surface area contributed by atoms with Gasteiger partial charge in [-0.1, -0.05) is 19.0 Å². The summed E-state index contributed by atoms with van der Waals surface area (Å²) in [6.45, 7) is 5.61. The molecule has 8 heteroatoms. The number of nitrogens with one attached hydrogen (secondary N) is 1. The van der Waals surface area contributed by atoms with Gasteiger partial charge in [0.05, 0.1) is 6.54 Å². The second kappa shape index (κ2) is 7.08. The molecular weight excluding hydrogens is 302 g/mol. The van der Waals surface area contributed by atoms with E-state index in [2.05, 4.69) is 15.5 Å². The Labute approximate surface area is 132 Å². The molecule has 0 radical (unpaired) electrons. The second-order valence-electron chi connectivity index (χ2n) is 5.47. The van der Waals surface area contributed by atoms with Gasteiger partial charge in [0.15, 0.2) is 5.82 Å². The van der Waals surface area contributed by atoms with E-state index in [4.69, 9.17) is 14.0 Å². The van der Waals surface area contributed by atoms with E-state index in [1.807, 2.05) is 13.8 Å². The van der Waals surface area contributed by atoms with Crippen molar-refractivity contribution in [3.8, 4) is 0 Å². The third kappa shape index (κ3) is 4.41. The molecule has 0 aromatic carbocycles. The average molecular weight is 321 g/mol. The van der Waals surface area contributed by atoms with Crippen molar-refractivity contribution in [3.05, 3.63) is 34.9 Å². The van der Waals surface area contributed by atoms with Crippen molar-refractivity contribution in [3.63, 3.8) is 0 Å². The highest BCUT2D eigenvalue weighted by molar-refractivity contribution is 5.88. The summed E-state index contributed by atoms with van der Waals surface area (Å²) in [5.74, 6) is 0.661. The summed E-state index contributed by atoms with van der Waals surface area (Å²) in [5.41, 5.74) is 0.0984. The van der Waals surface area contributed by atoms with Crippen LogP contribution in [0.1, 0.15) is 59.8 Å². The number of aromatic nitrogens is 2. The van der Waals surface area contributed by atoms with E-state index in [0.29, 0.717) is 29.7 Å². The average Bonchev–Trinajstić information content (AvgIpc) is 3.09. The van der Waals surface area contributed by atoms with Gasteiger partial charge in [0.2, 0.25) is 11.8 Å². The number of aryl methyl sites for hydroxylation is 2. The standard InChI is InChI=1S/C15H19N3O5/c1-8(2)14-17-13(23-18-14)5-4-12(19)16-7-10-6-11(15(20)21)9(3)22-10/h6,8H,4-5,7H2,1-3H3,(H,16,19)(H,20,21). The highest BCUT2D eigenvalue weighted by Crippen LogP contribution is 2.14. The van der Waals surface area contributed by atoms with Crippen LogP contribution in [0.25, 0.3) is 0 Å². The number of carboxylic acids is 1. The Bertz CT molecular complexity index is 702. The van der Waals surface area contributed by atoms with Crippen LogP contribution in [0.15, 0.2) is 15.0 Å². The molecule has 0 fully saturated rings. The van der Waals surface area contributed by atoms with Crippen molar-refractivity contribution in [2.45, 2.75) is 46.1 Å². The van der Waals surface area contributed by atoms with Crippen molar-refractivity contribution in [2.75, 3.05) is 0 Å². The first-order valence-corrected chi connectivity index (χ1v) is 7.28. The molecule has 1 amide bonds. The number of rotatable bonds is 7. The first kappa shape index (κ1) is 16.7. The second-order valence-corrected chi connectivity index (χ2v) is 5.47. The molecule has 0 aliphatic heterocycles. The molecule has 0 saturated heterocycles. The number of carboxylic acid groups (broad SMARTS) is 1. The topological polar surface area (TPSA) is 118 Å². The van der Waals surface area contributed by atoms with Crippen LogP contribution in [0.3, 0.4) is 0 Å². The summed E-state index contributed by atoms with van der Waals surface area (Å²) in [6, 6.07) is 1.41. The van der Waals surface area contributed by atoms with E-state index >= 15 is 0 Å². The number of aromatic carboxylic acids is 1. The third-order valence-corrected chi connectivity index (χ3v) is 3.23. The highest BCUT2D eigenvalue weighted by atomic mass is 16.5. The largest absolute Gasteiger partial charge is 0.478 e. The molecule has 2 rings (SSSR count). The van der Waals surface area contributed by atoms with Gasteiger partial charge < -0.3 is 19.4 Å². The van der Waals surface area contributed by atoms with E-state index in [9.17, 15) is 9.59 Å². The summed E-state index contributed by atoms with van der Waals surface area (Å²) in [5, 5.41) is 15.4. The number of furan rings is 1. The summed E-state index contributed by atoms with van der Waals surface area (Å²) in [7, 11) is 0. The molecule has 0 unspecified atom stereocenters. The van der Waals surface area contributed by atoms with Crippen LogP contribution in [0.5, 0.6) is 0 Å². The van der Waals surface area contributed by atoms with Gasteiger partial charge in [0.25, 0.3) is 0 Å². The number of carbonyl (C=O) groups excluding carboxylic acids is 1. The van der Waals surface area contributed by atoms with Crippen LogP contribution in [-0.4, -0.2) is 27.1 Å². The van der Waals surface area contributed by atoms with Gasteiger partial charge in [-0.3, -0.25) is 4.79 Å². The zero-order valence-electron chi connectivity index (χ0n) is 13.3. The van der Waals surface area contributed by atoms with E-state index in [0.717, 1.165) is 0 Å². The number of hydrogen-bond acceptors (Lipinski definition) is 6. The normalized spacial score (nSPS) is 11.0. The Hall–Kier alpha value is -2.64. The molecule has 0 spiro atoms. The monoisotopic (exact) mass is 321 g/mol. The minimum absolute atomic E-state index is 0.0984. The highest BCUT2D eigenvalue weighted by Gasteiger charge is 2.15. The maximum atomic E-state index is 11.8. The quantitative estimate of drug-likeness (QED) is 0.801. The van der Waals surface area contributed by atoms with Crippen LogP contribution in [0.4, 0.5) is 0 Å². The van der Waals surface area contributed by atoms with Crippen LogP contribution in [0, 0.1) is 6.92 Å². The van der Waals surface area contributed by atoms with Crippen LogP contribution in [0.2, 0.25) is 0 Å². The van der Waals surface area contributed by atoms with Gasteiger partial charge in [-0.2, -0.15) is 4.98 Å². The van der Waals surface area contributed by atoms with Gasteiger partial charge in [0, 0.05) is 18.8 Å². The zero-order valence-corrected chi connectivity index (χ0v) is 13.3. The molecule has 124 valence electrons. The van der Waals surface area contributed by atoms with Crippen LogP contribution >= 0.6 is 0 Å². The Morgan fingerprint density at radius 1 is 1.39 bits per heavy atom. The minimum Gasteiger partial charge on any atom is -0.478 e. The number of carbonyl (C=O) groups is 2. The van der Waals surface area contributed by atoms with Gasteiger partial charge in [0.1, 0.15) is 17.1 Å². The summed E-state index contributed by atoms with van der Waals surface area (Å²) in [6.07, 6.45) is 0.550. The first-order valence-electron chi connectivity index (χ1n) is 7.28. The van der Waals surface area contributed by atoms with E-state index in [1.54, 1.807) is 6.92 Å². The molecule has 8 nitrogen and oxygen atoms in total. The fourth-order valence-corrected chi connectivity index (χ4v) is 1.94. The van der Waals surface area contributed by atoms with Crippen LogP contribution in [-0.2, 0) is 17.8 Å². The SMILES string of the molecule is Cc1oc(CNC(=O)CCc2nc(C(C)C)no2)cc1C(=O)O. The van der Waals surface area contributed by atoms with Crippen molar-refractivity contribution in [1.82, 2.24) is 15.5 Å². The smallest absolute Gasteiger partial charge is 0.339 e. The molecular formula is C15H19N3O5. The third-order valence-electron chi connectivity index (χ3n) is 3.23. The van der Waals surface area contributed by atoms with Crippen LogP contribution < -0.4 is 5.32 Å².